The molecule has 0 radical (unpaired) electrons. The Kier molecular flexibility index (Phi) is 5.18. The van der Waals surface area contributed by atoms with Gasteiger partial charge < -0.3 is 16.0 Å². The molecule has 1 aromatic carbocycles. The first-order valence-electron chi connectivity index (χ1n) is 6.41. The molecule has 0 atom stereocenters. The van der Waals surface area contributed by atoms with E-state index in [0.29, 0.717) is 0 Å². The van der Waals surface area contributed by atoms with Gasteiger partial charge in [-0.3, -0.25) is 0 Å². The molecule has 0 amide bonds. The third kappa shape index (κ3) is 4.89. The Morgan fingerprint density at radius 1 is 1.32 bits per heavy atom. The highest BCUT2D eigenvalue weighted by molar-refractivity contribution is 7.19. The maximum Gasteiger partial charge on any atom is 0.184 e. The highest BCUT2D eigenvalue weighted by atomic mass is 32.1. The fourth-order valence-electron chi connectivity index (χ4n) is 1.89. The van der Waals surface area contributed by atoms with Crippen molar-refractivity contribution in [2.24, 2.45) is 0 Å². The number of nitrogens with zero attached hydrogens (tertiary/aromatic N) is 2. The van der Waals surface area contributed by atoms with Gasteiger partial charge in [0.1, 0.15) is 5.00 Å². The molecular formula is C14H20N4S. The van der Waals surface area contributed by atoms with Crippen LogP contribution in [0.5, 0.6) is 0 Å². The summed E-state index contributed by atoms with van der Waals surface area (Å²) in [5.41, 5.74) is 6.98. The SMILES string of the molecule is CN(CCCNc1ncc(N)s1)Cc1ccccc1. The minimum Gasteiger partial charge on any atom is -0.389 e. The van der Waals surface area contributed by atoms with Gasteiger partial charge in [0.25, 0.3) is 0 Å². The Bertz CT molecular complexity index is 483. The molecule has 0 aliphatic rings. The van der Waals surface area contributed by atoms with Gasteiger partial charge in [0.05, 0.1) is 6.20 Å². The van der Waals surface area contributed by atoms with Crippen LogP contribution in [0.3, 0.4) is 0 Å². The molecule has 102 valence electrons. The van der Waals surface area contributed by atoms with Crippen LogP contribution < -0.4 is 11.1 Å². The molecule has 2 aromatic rings. The minimum absolute atomic E-state index is 0.753. The standard InChI is InChI=1S/C14H20N4S/c1-18(11-12-6-3-2-4-7-12)9-5-8-16-14-17-10-13(15)19-14/h2-4,6-7,10H,5,8-9,11,15H2,1H3,(H,16,17). The van der Waals surface area contributed by atoms with E-state index in [0.717, 1.165) is 36.2 Å². The lowest BCUT2D eigenvalue weighted by Gasteiger charge is -2.16. The molecule has 3 N–H and O–H groups in total. The molecule has 0 saturated heterocycles. The lowest BCUT2D eigenvalue weighted by molar-refractivity contribution is 0.325. The van der Waals surface area contributed by atoms with E-state index in [1.807, 2.05) is 6.07 Å². The summed E-state index contributed by atoms with van der Waals surface area (Å²) in [6, 6.07) is 10.5. The van der Waals surface area contributed by atoms with Gasteiger partial charge in [-0.05, 0) is 25.6 Å². The highest BCUT2D eigenvalue weighted by Crippen LogP contribution is 2.19. The van der Waals surface area contributed by atoms with Gasteiger partial charge in [-0.15, -0.1) is 0 Å². The van der Waals surface area contributed by atoms with Crippen LogP contribution in [0.1, 0.15) is 12.0 Å². The molecule has 19 heavy (non-hydrogen) atoms. The summed E-state index contributed by atoms with van der Waals surface area (Å²) in [6.07, 6.45) is 2.78. The number of aromatic nitrogens is 1. The van der Waals surface area contributed by atoms with Crippen molar-refractivity contribution in [2.45, 2.75) is 13.0 Å². The second-order valence-corrected chi connectivity index (χ2v) is 5.63. The predicted molar refractivity (Wildman–Crippen MR) is 82.4 cm³/mol. The number of nitrogens with two attached hydrogens (primary N) is 1. The average Bonchev–Trinajstić information content (AvgIpc) is 2.82. The summed E-state index contributed by atoms with van der Waals surface area (Å²) in [5, 5.41) is 4.94. The van der Waals surface area contributed by atoms with Gasteiger partial charge >= 0.3 is 0 Å². The number of nitrogens with one attached hydrogen (secondary N) is 1. The lowest BCUT2D eigenvalue weighted by Crippen LogP contribution is -2.21. The smallest absolute Gasteiger partial charge is 0.184 e. The summed E-state index contributed by atoms with van der Waals surface area (Å²) in [7, 11) is 2.15. The first-order valence-corrected chi connectivity index (χ1v) is 7.23. The van der Waals surface area contributed by atoms with Crippen molar-refractivity contribution in [1.82, 2.24) is 9.88 Å². The van der Waals surface area contributed by atoms with Crippen molar-refractivity contribution < 1.29 is 0 Å². The molecule has 0 unspecified atom stereocenters. The summed E-state index contributed by atoms with van der Waals surface area (Å²) in [6.45, 7) is 2.97. The second kappa shape index (κ2) is 7.11. The van der Waals surface area contributed by atoms with E-state index in [1.165, 1.54) is 16.9 Å². The van der Waals surface area contributed by atoms with Crippen molar-refractivity contribution >= 4 is 21.5 Å². The van der Waals surface area contributed by atoms with Gasteiger partial charge in [-0.2, -0.15) is 0 Å². The topological polar surface area (TPSA) is 54.2 Å². The number of thiazole rings is 1. The Morgan fingerprint density at radius 3 is 2.79 bits per heavy atom. The Hall–Kier alpha value is -1.59. The summed E-state index contributed by atoms with van der Waals surface area (Å²) in [5.74, 6) is 0. The molecule has 0 aliphatic heterocycles. The Labute approximate surface area is 118 Å². The third-order valence-electron chi connectivity index (χ3n) is 2.81. The summed E-state index contributed by atoms with van der Waals surface area (Å²) < 4.78 is 0. The van der Waals surface area contributed by atoms with Crippen LogP contribution in [0.2, 0.25) is 0 Å². The van der Waals surface area contributed by atoms with E-state index in [-0.39, 0.29) is 0 Å². The predicted octanol–water partition coefficient (Wildman–Crippen LogP) is 2.66. The van der Waals surface area contributed by atoms with Gasteiger partial charge in [0, 0.05) is 13.1 Å². The molecular weight excluding hydrogens is 256 g/mol. The van der Waals surface area contributed by atoms with Crippen LogP contribution in [0.25, 0.3) is 0 Å². The maximum atomic E-state index is 5.62. The van der Waals surface area contributed by atoms with Crippen LogP contribution >= 0.6 is 11.3 Å². The third-order valence-corrected chi connectivity index (χ3v) is 3.60. The molecule has 0 spiro atoms. The highest BCUT2D eigenvalue weighted by Gasteiger charge is 2.01. The molecule has 1 heterocycles. The molecule has 0 aliphatic carbocycles. The number of nitrogen functional groups attached to an aromatic ring is 1. The van der Waals surface area contributed by atoms with Gasteiger partial charge in [-0.25, -0.2) is 4.98 Å². The first-order chi connectivity index (χ1) is 9.24. The van der Waals surface area contributed by atoms with Crippen LogP contribution in [-0.4, -0.2) is 30.0 Å². The quantitative estimate of drug-likeness (QED) is 0.763. The van der Waals surface area contributed by atoms with E-state index in [9.17, 15) is 0 Å². The number of benzene rings is 1. The van der Waals surface area contributed by atoms with Crippen molar-refractivity contribution in [3.63, 3.8) is 0 Å². The molecule has 1 aromatic heterocycles. The first kappa shape index (κ1) is 13.8. The molecule has 0 saturated carbocycles. The van der Waals surface area contributed by atoms with E-state index in [2.05, 4.69) is 46.5 Å². The zero-order valence-electron chi connectivity index (χ0n) is 11.2. The number of rotatable bonds is 7. The normalized spacial score (nSPS) is 10.8. The average molecular weight is 276 g/mol. The van der Waals surface area contributed by atoms with Crippen LogP contribution in [0, 0.1) is 0 Å². The van der Waals surface area contributed by atoms with Gasteiger partial charge in [0.2, 0.25) is 0 Å². The van der Waals surface area contributed by atoms with E-state index < -0.39 is 0 Å². The van der Waals surface area contributed by atoms with Crippen molar-refractivity contribution in [3.8, 4) is 0 Å². The summed E-state index contributed by atoms with van der Waals surface area (Å²) in [4.78, 5) is 6.50. The van der Waals surface area contributed by atoms with Gasteiger partial charge in [0.15, 0.2) is 5.13 Å². The maximum absolute atomic E-state index is 5.62. The van der Waals surface area contributed by atoms with Gasteiger partial charge in [-0.1, -0.05) is 41.7 Å². The molecule has 0 bridgehead atoms. The van der Waals surface area contributed by atoms with Crippen molar-refractivity contribution in [2.75, 3.05) is 31.2 Å². The largest absolute Gasteiger partial charge is 0.389 e. The summed E-state index contributed by atoms with van der Waals surface area (Å²) >= 11 is 1.49. The number of anilines is 2. The lowest BCUT2D eigenvalue weighted by atomic mass is 10.2. The zero-order valence-corrected chi connectivity index (χ0v) is 12.0. The Balaban J connectivity index is 1.63. The van der Waals surface area contributed by atoms with Crippen LogP contribution in [0.4, 0.5) is 10.1 Å². The molecule has 5 heteroatoms. The van der Waals surface area contributed by atoms with E-state index in [1.54, 1.807) is 6.20 Å². The Morgan fingerprint density at radius 2 is 2.11 bits per heavy atom. The van der Waals surface area contributed by atoms with E-state index >= 15 is 0 Å². The van der Waals surface area contributed by atoms with Crippen molar-refractivity contribution in [1.29, 1.82) is 0 Å². The van der Waals surface area contributed by atoms with E-state index in [4.69, 9.17) is 5.73 Å². The zero-order chi connectivity index (χ0) is 13.5. The molecule has 4 nitrogen and oxygen atoms in total. The molecule has 0 fully saturated rings. The number of hydrogen-bond donors (Lipinski definition) is 2. The van der Waals surface area contributed by atoms with Crippen LogP contribution in [0.15, 0.2) is 36.5 Å². The molecule has 2 rings (SSSR count). The monoisotopic (exact) mass is 276 g/mol. The minimum atomic E-state index is 0.753. The van der Waals surface area contributed by atoms with Crippen molar-refractivity contribution in [3.05, 3.63) is 42.1 Å². The second-order valence-electron chi connectivity index (χ2n) is 4.57. The fraction of sp³-hybridized carbons (Fsp3) is 0.357. The fourth-order valence-corrected chi connectivity index (χ4v) is 2.50. The number of hydrogen-bond acceptors (Lipinski definition) is 5. The van der Waals surface area contributed by atoms with Crippen LogP contribution in [-0.2, 0) is 6.54 Å².